The first kappa shape index (κ1) is 14.9. The van der Waals surface area contributed by atoms with Crippen molar-refractivity contribution in [3.8, 4) is 0 Å². The maximum Gasteiger partial charge on any atom is 0.230 e. The van der Waals surface area contributed by atoms with Crippen LogP contribution in [0.1, 0.15) is 26.7 Å². The number of nitrogens with zero attached hydrogens (tertiary/aromatic N) is 3. The average molecular weight is 295 g/mol. The van der Waals surface area contributed by atoms with Gasteiger partial charge in [0.2, 0.25) is 29.4 Å². The Morgan fingerprint density at radius 3 is 2.62 bits per heavy atom. The number of piperidine rings is 1. The smallest absolute Gasteiger partial charge is 0.230 e. The predicted octanol–water partition coefficient (Wildman–Crippen LogP) is 0.225. The topological polar surface area (TPSA) is 117 Å². The van der Waals surface area contributed by atoms with Gasteiger partial charge in [-0.15, -0.1) is 0 Å². The van der Waals surface area contributed by atoms with Crippen molar-refractivity contribution in [1.82, 2.24) is 15.2 Å². The molecule has 1 fully saturated rings. The molecule has 2 rings (SSSR count). The van der Waals surface area contributed by atoms with Gasteiger partial charge in [0.1, 0.15) is 0 Å². The summed E-state index contributed by atoms with van der Waals surface area (Å²) < 4.78 is 4.50. The minimum atomic E-state index is -0.346. The highest BCUT2D eigenvalue weighted by atomic mass is 16.6. The van der Waals surface area contributed by atoms with Gasteiger partial charge >= 0.3 is 0 Å². The van der Waals surface area contributed by atoms with Gasteiger partial charge < -0.3 is 15.5 Å². The van der Waals surface area contributed by atoms with E-state index in [2.05, 4.69) is 25.6 Å². The average Bonchev–Trinajstić information content (AvgIpc) is 2.85. The molecule has 2 heterocycles. The summed E-state index contributed by atoms with van der Waals surface area (Å²) in [6.07, 6.45) is 0.837. The summed E-state index contributed by atoms with van der Waals surface area (Å²) in [7, 11) is 0. The van der Waals surface area contributed by atoms with Crippen LogP contribution in [0.4, 0.5) is 11.6 Å². The molecule has 1 aliphatic rings. The Hall–Kier alpha value is -2.45. The van der Waals surface area contributed by atoms with Gasteiger partial charge in [-0.25, -0.2) is 4.63 Å². The zero-order chi connectivity index (χ0) is 15.4. The monoisotopic (exact) mass is 295 g/mol. The maximum absolute atomic E-state index is 12.2. The van der Waals surface area contributed by atoms with Gasteiger partial charge in [-0.2, -0.15) is 0 Å². The number of carbonyl (C=O) groups excluding carboxylic acids is 3. The highest BCUT2D eigenvalue weighted by molar-refractivity contribution is 5.97. The lowest BCUT2D eigenvalue weighted by molar-refractivity contribution is -0.136. The van der Waals surface area contributed by atoms with Crippen molar-refractivity contribution in [3.05, 3.63) is 0 Å². The van der Waals surface area contributed by atoms with Crippen molar-refractivity contribution in [1.29, 1.82) is 0 Å². The number of amides is 3. The first-order valence-electron chi connectivity index (χ1n) is 6.70. The van der Waals surface area contributed by atoms with E-state index in [9.17, 15) is 14.4 Å². The number of nitrogens with one attached hydrogen (secondary N) is 2. The molecular formula is C12H17N5O4. The Labute approximate surface area is 121 Å². The zero-order valence-electron chi connectivity index (χ0n) is 11.9. The third-order valence-electron chi connectivity index (χ3n) is 3.28. The maximum atomic E-state index is 12.2. The fraction of sp³-hybridized carbons (Fsp3) is 0.583. The summed E-state index contributed by atoms with van der Waals surface area (Å²) in [6.45, 7) is 4.13. The Kier molecular flexibility index (Phi) is 4.51. The number of aromatic nitrogens is 2. The summed E-state index contributed by atoms with van der Waals surface area (Å²) in [5, 5.41) is 12.0. The largest absolute Gasteiger partial charge is 0.342 e. The molecule has 0 spiro atoms. The number of hydrogen-bond donors (Lipinski definition) is 2. The Bertz CT molecular complexity index is 556. The second-order valence-corrected chi connectivity index (χ2v) is 4.80. The highest BCUT2D eigenvalue weighted by Gasteiger charge is 2.30. The molecular weight excluding hydrogens is 278 g/mol. The zero-order valence-corrected chi connectivity index (χ0v) is 11.9. The van der Waals surface area contributed by atoms with Crippen LogP contribution in [0.3, 0.4) is 0 Å². The van der Waals surface area contributed by atoms with Gasteiger partial charge in [0.05, 0.1) is 5.92 Å². The first-order chi connectivity index (χ1) is 10.0. The van der Waals surface area contributed by atoms with Crippen LogP contribution in [-0.2, 0) is 14.4 Å². The third-order valence-corrected chi connectivity index (χ3v) is 3.28. The molecule has 21 heavy (non-hydrogen) atoms. The molecule has 3 amide bonds. The molecule has 0 aromatic carbocycles. The molecule has 1 aromatic heterocycles. The SMILES string of the molecule is CCN1CC(C(=O)Nc2nonc2NC(C)=O)CCC1=O. The van der Waals surface area contributed by atoms with E-state index in [1.54, 1.807) is 4.90 Å². The number of likely N-dealkylation sites (tertiary alicyclic amines) is 1. The molecule has 0 aliphatic carbocycles. The number of carbonyl (C=O) groups is 3. The molecule has 2 N–H and O–H groups in total. The molecule has 114 valence electrons. The Balaban J connectivity index is 2.00. The van der Waals surface area contributed by atoms with E-state index < -0.39 is 0 Å². The summed E-state index contributed by atoms with van der Waals surface area (Å²) in [5.74, 6) is -0.747. The molecule has 1 aliphatic heterocycles. The summed E-state index contributed by atoms with van der Waals surface area (Å²) >= 11 is 0. The minimum Gasteiger partial charge on any atom is -0.342 e. The number of hydrogen-bond acceptors (Lipinski definition) is 6. The minimum absolute atomic E-state index is 0.0589. The lowest BCUT2D eigenvalue weighted by atomic mass is 9.96. The van der Waals surface area contributed by atoms with Crippen molar-refractivity contribution in [2.75, 3.05) is 23.7 Å². The van der Waals surface area contributed by atoms with Crippen molar-refractivity contribution < 1.29 is 19.0 Å². The lowest BCUT2D eigenvalue weighted by Gasteiger charge is -2.30. The molecule has 1 atom stereocenters. The Morgan fingerprint density at radius 1 is 1.33 bits per heavy atom. The van der Waals surface area contributed by atoms with E-state index in [1.807, 2.05) is 6.92 Å². The molecule has 0 radical (unpaired) electrons. The van der Waals surface area contributed by atoms with Crippen LogP contribution in [-0.4, -0.2) is 46.0 Å². The van der Waals surface area contributed by atoms with E-state index in [1.165, 1.54) is 6.92 Å². The van der Waals surface area contributed by atoms with Gasteiger partial charge in [0.25, 0.3) is 0 Å². The van der Waals surface area contributed by atoms with E-state index >= 15 is 0 Å². The third kappa shape index (κ3) is 3.56. The van der Waals surface area contributed by atoms with Crippen molar-refractivity contribution in [2.45, 2.75) is 26.7 Å². The summed E-state index contributed by atoms with van der Waals surface area (Å²) in [5.41, 5.74) is 0. The van der Waals surface area contributed by atoms with Gasteiger partial charge in [0, 0.05) is 26.4 Å². The normalized spacial score (nSPS) is 18.5. The second-order valence-electron chi connectivity index (χ2n) is 4.80. The predicted molar refractivity (Wildman–Crippen MR) is 72.2 cm³/mol. The van der Waals surface area contributed by atoms with Crippen LogP contribution < -0.4 is 10.6 Å². The van der Waals surface area contributed by atoms with Gasteiger partial charge in [-0.3, -0.25) is 14.4 Å². The van der Waals surface area contributed by atoms with Crippen LogP contribution in [0.25, 0.3) is 0 Å². The van der Waals surface area contributed by atoms with Gasteiger partial charge in [0.15, 0.2) is 0 Å². The molecule has 1 aromatic rings. The second kappa shape index (κ2) is 6.33. The van der Waals surface area contributed by atoms with Crippen LogP contribution >= 0.6 is 0 Å². The molecule has 0 saturated carbocycles. The fourth-order valence-corrected chi connectivity index (χ4v) is 2.17. The van der Waals surface area contributed by atoms with Crippen molar-refractivity contribution in [2.24, 2.45) is 5.92 Å². The molecule has 1 unspecified atom stereocenters. The van der Waals surface area contributed by atoms with Gasteiger partial charge in [-0.05, 0) is 23.7 Å². The van der Waals surface area contributed by atoms with Crippen molar-refractivity contribution >= 4 is 29.4 Å². The molecule has 9 nitrogen and oxygen atoms in total. The van der Waals surface area contributed by atoms with Crippen LogP contribution in [0, 0.1) is 5.92 Å². The summed E-state index contributed by atoms with van der Waals surface area (Å²) in [6, 6.07) is 0. The highest BCUT2D eigenvalue weighted by Crippen LogP contribution is 2.21. The molecule has 0 bridgehead atoms. The number of rotatable bonds is 4. The van der Waals surface area contributed by atoms with Crippen LogP contribution in [0.2, 0.25) is 0 Å². The van der Waals surface area contributed by atoms with Crippen LogP contribution in [0.15, 0.2) is 4.63 Å². The molecule has 1 saturated heterocycles. The standard InChI is InChI=1S/C12H17N5O4/c1-3-17-6-8(4-5-9(17)19)12(20)14-11-10(13-7(2)18)15-21-16-11/h8H,3-6H2,1-2H3,(H,13,15,18)(H,14,16,20). The summed E-state index contributed by atoms with van der Waals surface area (Å²) in [4.78, 5) is 36.4. The van der Waals surface area contributed by atoms with E-state index in [0.29, 0.717) is 25.9 Å². The molecule has 9 heteroatoms. The van der Waals surface area contributed by atoms with Crippen molar-refractivity contribution in [3.63, 3.8) is 0 Å². The Morgan fingerprint density at radius 2 is 2.00 bits per heavy atom. The fourth-order valence-electron chi connectivity index (χ4n) is 2.17. The number of anilines is 2. The first-order valence-corrected chi connectivity index (χ1v) is 6.70. The lowest BCUT2D eigenvalue weighted by Crippen LogP contribution is -2.43. The van der Waals surface area contributed by atoms with Gasteiger partial charge in [-0.1, -0.05) is 0 Å². The van der Waals surface area contributed by atoms with E-state index in [0.717, 1.165) is 0 Å². The quantitative estimate of drug-likeness (QED) is 0.820. The van der Waals surface area contributed by atoms with Crippen LogP contribution in [0.5, 0.6) is 0 Å². The van der Waals surface area contributed by atoms with E-state index in [-0.39, 0.29) is 35.3 Å². The van der Waals surface area contributed by atoms with E-state index in [4.69, 9.17) is 0 Å².